The van der Waals surface area contributed by atoms with Gasteiger partial charge < -0.3 is 15.4 Å². The van der Waals surface area contributed by atoms with E-state index >= 15 is 0 Å². The lowest BCUT2D eigenvalue weighted by molar-refractivity contribution is 0.128. The highest BCUT2D eigenvalue weighted by Crippen LogP contribution is 2.36. The molecule has 1 aliphatic rings. The number of nitrogens with zero attached hydrogens (tertiary/aromatic N) is 1. The standard InChI is InChI=1S/C12H21N3O/c1-10-11(15-9-14-10)6-13-7-12(8-16)4-2-3-5-12/h9,13,16H,2-8H2,1H3,(H,14,15). The SMILES string of the molecule is Cc1[nH]cnc1CNCC1(CO)CCCC1. The van der Waals surface area contributed by atoms with Crippen molar-refractivity contribution in [1.29, 1.82) is 0 Å². The summed E-state index contributed by atoms with van der Waals surface area (Å²) in [6.45, 7) is 4.02. The molecule has 2 rings (SSSR count). The van der Waals surface area contributed by atoms with Crippen LogP contribution in [0.5, 0.6) is 0 Å². The second kappa shape index (κ2) is 4.97. The number of aliphatic hydroxyl groups excluding tert-OH is 1. The lowest BCUT2D eigenvalue weighted by atomic mass is 9.87. The lowest BCUT2D eigenvalue weighted by Crippen LogP contribution is -2.35. The van der Waals surface area contributed by atoms with Gasteiger partial charge in [0.25, 0.3) is 0 Å². The summed E-state index contributed by atoms with van der Waals surface area (Å²) in [5.41, 5.74) is 2.33. The maximum atomic E-state index is 9.47. The second-order valence-corrected chi connectivity index (χ2v) is 4.94. The number of aromatic nitrogens is 2. The van der Waals surface area contributed by atoms with Crippen LogP contribution in [0.3, 0.4) is 0 Å². The van der Waals surface area contributed by atoms with Crippen LogP contribution >= 0.6 is 0 Å². The molecule has 0 aliphatic heterocycles. The van der Waals surface area contributed by atoms with Gasteiger partial charge in [-0.1, -0.05) is 12.8 Å². The molecule has 0 bridgehead atoms. The molecule has 16 heavy (non-hydrogen) atoms. The van der Waals surface area contributed by atoms with Crippen LogP contribution < -0.4 is 5.32 Å². The Labute approximate surface area is 96.5 Å². The van der Waals surface area contributed by atoms with Gasteiger partial charge in [0.2, 0.25) is 0 Å². The highest BCUT2D eigenvalue weighted by Gasteiger charge is 2.32. The van der Waals surface area contributed by atoms with Gasteiger partial charge in [-0.05, 0) is 19.8 Å². The molecule has 0 spiro atoms. The summed E-state index contributed by atoms with van der Waals surface area (Å²) in [7, 11) is 0. The van der Waals surface area contributed by atoms with Gasteiger partial charge in [-0.2, -0.15) is 0 Å². The highest BCUT2D eigenvalue weighted by atomic mass is 16.3. The minimum absolute atomic E-state index is 0.129. The molecule has 1 aromatic heterocycles. The van der Waals surface area contributed by atoms with E-state index in [1.165, 1.54) is 12.8 Å². The zero-order valence-electron chi connectivity index (χ0n) is 9.92. The third-order valence-electron chi connectivity index (χ3n) is 3.73. The molecule has 1 heterocycles. The average molecular weight is 223 g/mol. The number of aryl methyl sites for hydroxylation is 1. The maximum Gasteiger partial charge on any atom is 0.0925 e. The Hall–Kier alpha value is -0.870. The van der Waals surface area contributed by atoms with E-state index in [4.69, 9.17) is 0 Å². The first kappa shape index (κ1) is 11.6. The average Bonchev–Trinajstić information content (AvgIpc) is 2.90. The van der Waals surface area contributed by atoms with Crippen LogP contribution in [0, 0.1) is 12.3 Å². The summed E-state index contributed by atoms with van der Waals surface area (Å²) >= 11 is 0. The number of aromatic amines is 1. The lowest BCUT2D eigenvalue weighted by Gasteiger charge is -2.26. The summed E-state index contributed by atoms with van der Waals surface area (Å²) in [5, 5.41) is 12.9. The minimum atomic E-state index is 0.129. The number of rotatable bonds is 5. The van der Waals surface area contributed by atoms with E-state index in [9.17, 15) is 5.11 Å². The molecule has 0 aromatic carbocycles. The largest absolute Gasteiger partial charge is 0.396 e. The summed E-state index contributed by atoms with van der Waals surface area (Å²) in [4.78, 5) is 7.32. The van der Waals surface area contributed by atoms with Crippen molar-refractivity contribution in [2.75, 3.05) is 13.2 Å². The fourth-order valence-corrected chi connectivity index (χ4v) is 2.53. The molecule has 0 radical (unpaired) electrons. The van der Waals surface area contributed by atoms with Crippen LogP contribution in [0.15, 0.2) is 6.33 Å². The first-order valence-electron chi connectivity index (χ1n) is 6.06. The van der Waals surface area contributed by atoms with E-state index in [-0.39, 0.29) is 5.41 Å². The van der Waals surface area contributed by atoms with Gasteiger partial charge in [-0.25, -0.2) is 4.98 Å². The van der Waals surface area contributed by atoms with Crippen molar-refractivity contribution in [3.05, 3.63) is 17.7 Å². The van der Waals surface area contributed by atoms with Gasteiger partial charge in [0.1, 0.15) is 0 Å². The minimum Gasteiger partial charge on any atom is -0.396 e. The number of nitrogens with one attached hydrogen (secondary N) is 2. The molecular formula is C12H21N3O. The molecule has 0 saturated heterocycles. The molecule has 4 nitrogen and oxygen atoms in total. The van der Waals surface area contributed by atoms with E-state index in [2.05, 4.69) is 15.3 Å². The zero-order chi connectivity index (χ0) is 11.4. The second-order valence-electron chi connectivity index (χ2n) is 4.94. The van der Waals surface area contributed by atoms with E-state index in [0.29, 0.717) is 6.61 Å². The maximum absolute atomic E-state index is 9.47. The van der Waals surface area contributed by atoms with Gasteiger partial charge >= 0.3 is 0 Å². The van der Waals surface area contributed by atoms with Gasteiger partial charge in [0.05, 0.1) is 12.0 Å². The predicted octanol–water partition coefficient (Wildman–Crippen LogP) is 1.36. The van der Waals surface area contributed by atoms with Crippen molar-refractivity contribution in [1.82, 2.24) is 15.3 Å². The molecule has 0 atom stereocenters. The number of imidazole rings is 1. The molecule has 0 amide bonds. The van der Waals surface area contributed by atoms with E-state index < -0.39 is 0 Å². The number of hydrogen-bond donors (Lipinski definition) is 3. The molecule has 1 fully saturated rings. The predicted molar refractivity (Wildman–Crippen MR) is 63.0 cm³/mol. The van der Waals surface area contributed by atoms with Crippen molar-refractivity contribution in [3.8, 4) is 0 Å². The Bertz CT molecular complexity index is 329. The summed E-state index contributed by atoms with van der Waals surface area (Å²) in [6, 6.07) is 0. The molecule has 0 unspecified atom stereocenters. The summed E-state index contributed by atoms with van der Waals surface area (Å²) in [6.07, 6.45) is 6.53. The van der Waals surface area contributed by atoms with Crippen LogP contribution in [0.25, 0.3) is 0 Å². The van der Waals surface area contributed by atoms with Gasteiger partial charge in [0.15, 0.2) is 0 Å². The van der Waals surface area contributed by atoms with E-state index in [0.717, 1.165) is 37.3 Å². The topological polar surface area (TPSA) is 60.9 Å². The van der Waals surface area contributed by atoms with Crippen molar-refractivity contribution in [2.45, 2.75) is 39.2 Å². The van der Waals surface area contributed by atoms with Crippen LogP contribution in [0.2, 0.25) is 0 Å². The Morgan fingerprint density at radius 1 is 1.50 bits per heavy atom. The third kappa shape index (κ3) is 2.44. The fourth-order valence-electron chi connectivity index (χ4n) is 2.53. The van der Waals surface area contributed by atoms with Gasteiger partial charge in [0, 0.05) is 30.8 Å². The highest BCUT2D eigenvalue weighted by molar-refractivity contribution is 5.08. The van der Waals surface area contributed by atoms with Crippen molar-refractivity contribution >= 4 is 0 Å². The Kier molecular flexibility index (Phi) is 3.61. The number of aliphatic hydroxyl groups is 1. The van der Waals surface area contributed by atoms with Crippen LogP contribution in [0.4, 0.5) is 0 Å². The van der Waals surface area contributed by atoms with E-state index in [1.54, 1.807) is 6.33 Å². The Morgan fingerprint density at radius 3 is 2.81 bits per heavy atom. The number of H-pyrrole nitrogens is 1. The first-order valence-corrected chi connectivity index (χ1v) is 6.06. The zero-order valence-corrected chi connectivity index (χ0v) is 9.92. The smallest absolute Gasteiger partial charge is 0.0925 e. The molecule has 4 heteroatoms. The third-order valence-corrected chi connectivity index (χ3v) is 3.73. The molecule has 1 aliphatic carbocycles. The summed E-state index contributed by atoms with van der Waals surface area (Å²) in [5.74, 6) is 0. The van der Waals surface area contributed by atoms with E-state index in [1.807, 2.05) is 6.92 Å². The monoisotopic (exact) mass is 223 g/mol. The quantitative estimate of drug-likeness (QED) is 0.706. The van der Waals surface area contributed by atoms with Crippen LogP contribution in [-0.4, -0.2) is 28.2 Å². The molecule has 1 aromatic rings. The van der Waals surface area contributed by atoms with Crippen molar-refractivity contribution < 1.29 is 5.11 Å². The molecule has 90 valence electrons. The van der Waals surface area contributed by atoms with Crippen molar-refractivity contribution in [3.63, 3.8) is 0 Å². The molecular weight excluding hydrogens is 202 g/mol. The number of hydrogen-bond acceptors (Lipinski definition) is 3. The van der Waals surface area contributed by atoms with Crippen molar-refractivity contribution in [2.24, 2.45) is 5.41 Å². The normalized spacial score (nSPS) is 19.1. The van der Waals surface area contributed by atoms with Gasteiger partial charge in [-0.3, -0.25) is 0 Å². The van der Waals surface area contributed by atoms with Gasteiger partial charge in [-0.15, -0.1) is 0 Å². The fraction of sp³-hybridized carbons (Fsp3) is 0.750. The molecule has 1 saturated carbocycles. The Balaban J connectivity index is 1.81. The summed E-state index contributed by atoms with van der Waals surface area (Å²) < 4.78 is 0. The van der Waals surface area contributed by atoms with Crippen LogP contribution in [-0.2, 0) is 6.54 Å². The first-order chi connectivity index (χ1) is 7.76. The van der Waals surface area contributed by atoms with Crippen LogP contribution in [0.1, 0.15) is 37.1 Å². The molecule has 3 N–H and O–H groups in total. The Morgan fingerprint density at radius 2 is 2.25 bits per heavy atom.